The number of fused-ring (bicyclic) bond motifs is 1. The van der Waals surface area contributed by atoms with Crippen LogP contribution in [0.5, 0.6) is 11.5 Å². The number of para-hydroxylation sites is 1. The zero-order valence-electron chi connectivity index (χ0n) is 15.6. The highest BCUT2D eigenvalue weighted by Crippen LogP contribution is 2.30. The highest BCUT2D eigenvalue weighted by atomic mass is 16.5. The lowest BCUT2D eigenvalue weighted by Crippen LogP contribution is -2.27. The van der Waals surface area contributed by atoms with E-state index in [4.69, 9.17) is 9.47 Å². The second-order valence-electron chi connectivity index (χ2n) is 6.64. The minimum Gasteiger partial charge on any atom is -0.493 e. The number of carbonyl (C=O) groups is 1. The number of benzene rings is 1. The molecule has 0 saturated heterocycles. The third-order valence-electron chi connectivity index (χ3n) is 4.80. The molecule has 140 valence electrons. The van der Waals surface area contributed by atoms with Crippen LogP contribution in [0.2, 0.25) is 0 Å². The largest absolute Gasteiger partial charge is 0.493 e. The second-order valence-corrected chi connectivity index (χ2v) is 6.64. The summed E-state index contributed by atoms with van der Waals surface area (Å²) in [7, 11) is 3.20. The first-order valence-electron chi connectivity index (χ1n) is 9.23. The number of ether oxygens (including phenoxy) is 2. The van der Waals surface area contributed by atoms with Crippen molar-refractivity contribution in [2.24, 2.45) is 0 Å². The number of hydrogen-bond acceptors (Lipinski definition) is 4. The summed E-state index contributed by atoms with van der Waals surface area (Å²) in [6.07, 6.45) is 9.07. The maximum Gasteiger partial charge on any atom is 0.242 e. The number of hydrogen-bond donors (Lipinski definition) is 1. The highest BCUT2D eigenvalue weighted by Gasteiger charge is 2.14. The monoisotopic (exact) mass is 357 g/mol. The van der Waals surface area contributed by atoms with Gasteiger partial charge >= 0.3 is 0 Å². The van der Waals surface area contributed by atoms with Crippen LogP contribution in [-0.4, -0.2) is 29.9 Å². The van der Waals surface area contributed by atoms with E-state index in [2.05, 4.69) is 10.4 Å². The molecular weight excluding hydrogens is 330 g/mol. The number of methoxy groups -OCH3 is 2. The van der Waals surface area contributed by atoms with Crippen molar-refractivity contribution in [3.05, 3.63) is 41.2 Å². The third kappa shape index (κ3) is 4.36. The Hall–Kier alpha value is -2.50. The van der Waals surface area contributed by atoms with Gasteiger partial charge < -0.3 is 14.8 Å². The molecule has 0 bridgehead atoms. The van der Waals surface area contributed by atoms with Gasteiger partial charge in [-0.05, 0) is 37.3 Å². The molecular formula is C20H27N3O3. The van der Waals surface area contributed by atoms with Gasteiger partial charge in [0.2, 0.25) is 5.91 Å². The molecule has 3 rings (SSSR count). The average molecular weight is 357 g/mol. The first-order chi connectivity index (χ1) is 12.7. The molecule has 1 N–H and O–H groups in total. The lowest BCUT2D eigenvalue weighted by Gasteiger charge is -2.13. The van der Waals surface area contributed by atoms with E-state index in [-0.39, 0.29) is 12.5 Å². The van der Waals surface area contributed by atoms with E-state index in [1.54, 1.807) is 18.9 Å². The van der Waals surface area contributed by atoms with Gasteiger partial charge in [0.05, 0.1) is 19.9 Å². The van der Waals surface area contributed by atoms with Crippen molar-refractivity contribution in [1.29, 1.82) is 0 Å². The fourth-order valence-electron chi connectivity index (χ4n) is 3.45. The minimum atomic E-state index is -0.0645. The van der Waals surface area contributed by atoms with E-state index in [1.807, 2.05) is 24.4 Å². The number of amides is 1. The molecule has 0 radical (unpaired) electrons. The molecule has 0 unspecified atom stereocenters. The van der Waals surface area contributed by atoms with Crippen molar-refractivity contribution in [3.63, 3.8) is 0 Å². The number of aromatic nitrogens is 2. The van der Waals surface area contributed by atoms with Crippen molar-refractivity contribution < 1.29 is 14.3 Å². The number of nitrogens with zero attached hydrogens (tertiary/aromatic N) is 2. The maximum atomic E-state index is 12.3. The van der Waals surface area contributed by atoms with Crippen LogP contribution in [0.4, 0.5) is 0 Å². The zero-order valence-corrected chi connectivity index (χ0v) is 15.6. The fraction of sp³-hybridized carbons (Fsp3) is 0.500. The Morgan fingerprint density at radius 3 is 2.73 bits per heavy atom. The molecule has 1 aromatic heterocycles. The quantitative estimate of drug-likeness (QED) is 0.863. The number of nitrogens with one attached hydrogen (secondary N) is 1. The molecule has 0 aliphatic heterocycles. The second kappa shape index (κ2) is 8.74. The van der Waals surface area contributed by atoms with Crippen molar-refractivity contribution in [2.75, 3.05) is 14.2 Å². The average Bonchev–Trinajstić information content (AvgIpc) is 2.99. The summed E-state index contributed by atoms with van der Waals surface area (Å²) in [4.78, 5) is 12.3. The topological polar surface area (TPSA) is 65.4 Å². The Labute approximate surface area is 154 Å². The molecule has 0 saturated carbocycles. The highest BCUT2D eigenvalue weighted by molar-refractivity contribution is 5.75. The molecule has 2 aromatic rings. The van der Waals surface area contributed by atoms with E-state index in [0.717, 1.165) is 24.1 Å². The van der Waals surface area contributed by atoms with E-state index in [1.165, 1.54) is 31.2 Å². The standard InChI is InChI=1S/C20H27N3O3/c1-25-18-11-7-9-15(20(18)26-2)12-21-19(24)14-23-13-16-8-5-3-4-6-10-17(16)22-23/h7,9,11,13H,3-6,8,10,12,14H2,1-2H3,(H,21,24). The molecule has 0 fully saturated rings. The Morgan fingerprint density at radius 2 is 1.96 bits per heavy atom. The van der Waals surface area contributed by atoms with Gasteiger partial charge in [0.25, 0.3) is 0 Å². The van der Waals surface area contributed by atoms with Crippen LogP contribution < -0.4 is 14.8 Å². The van der Waals surface area contributed by atoms with Gasteiger partial charge in [0.1, 0.15) is 6.54 Å². The third-order valence-corrected chi connectivity index (χ3v) is 4.80. The summed E-state index contributed by atoms with van der Waals surface area (Å²) < 4.78 is 12.5. The van der Waals surface area contributed by atoms with Crippen LogP contribution in [0.1, 0.15) is 42.5 Å². The summed E-state index contributed by atoms with van der Waals surface area (Å²) >= 11 is 0. The van der Waals surface area contributed by atoms with Crippen molar-refractivity contribution >= 4 is 5.91 Å². The molecule has 6 nitrogen and oxygen atoms in total. The van der Waals surface area contributed by atoms with Crippen LogP contribution in [0, 0.1) is 0 Å². The summed E-state index contributed by atoms with van der Waals surface area (Å²) in [5.41, 5.74) is 3.34. The van der Waals surface area contributed by atoms with E-state index in [0.29, 0.717) is 18.0 Å². The predicted molar refractivity (Wildman–Crippen MR) is 99.5 cm³/mol. The SMILES string of the molecule is COc1cccc(CNC(=O)Cn2cc3c(n2)CCCCCC3)c1OC. The molecule has 1 aliphatic carbocycles. The lowest BCUT2D eigenvalue weighted by molar-refractivity contribution is -0.122. The van der Waals surface area contributed by atoms with Gasteiger partial charge in [-0.3, -0.25) is 9.48 Å². The van der Waals surface area contributed by atoms with Crippen molar-refractivity contribution in [3.8, 4) is 11.5 Å². The number of aryl methyl sites for hydroxylation is 2. The fourth-order valence-corrected chi connectivity index (χ4v) is 3.45. The van der Waals surface area contributed by atoms with Gasteiger partial charge in [-0.25, -0.2) is 0 Å². The molecule has 6 heteroatoms. The van der Waals surface area contributed by atoms with Gasteiger partial charge in [-0.15, -0.1) is 0 Å². The number of rotatable bonds is 6. The minimum absolute atomic E-state index is 0.0645. The van der Waals surface area contributed by atoms with Gasteiger partial charge in [-0.2, -0.15) is 5.10 Å². The van der Waals surface area contributed by atoms with Crippen LogP contribution >= 0.6 is 0 Å². The summed E-state index contributed by atoms with van der Waals surface area (Å²) in [5.74, 6) is 1.24. The summed E-state index contributed by atoms with van der Waals surface area (Å²) in [6, 6.07) is 5.64. The van der Waals surface area contributed by atoms with Crippen LogP contribution in [0.25, 0.3) is 0 Å². The predicted octanol–water partition coefficient (Wildman–Crippen LogP) is 2.88. The normalized spacial score (nSPS) is 14.1. The summed E-state index contributed by atoms with van der Waals surface area (Å²) in [6.45, 7) is 0.624. The smallest absolute Gasteiger partial charge is 0.242 e. The molecule has 1 aliphatic rings. The first kappa shape index (κ1) is 18.3. The molecule has 1 aromatic carbocycles. The van der Waals surface area contributed by atoms with Gasteiger partial charge in [0, 0.05) is 18.3 Å². The Kier molecular flexibility index (Phi) is 6.15. The Morgan fingerprint density at radius 1 is 1.15 bits per heavy atom. The molecule has 0 atom stereocenters. The molecule has 26 heavy (non-hydrogen) atoms. The van der Waals surface area contributed by atoms with Crippen LogP contribution in [-0.2, 0) is 30.7 Å². The first-order valence-corrected chi connectivity index (χ1v) is 9.23. The van der Waals surface area contributed by atoms with E-state index >= 15 is 0 Å². The lowest BCUT2D eigenvalue weighted by atomic mass is 9.99. The Bertz CT molecular complexity index is 729. The molecule has 0 spiro atoms. The van der Waals surface area contributed by atoms with Gasteiger partial charge in [0.15, 0.2) is 11.5 Å². The molecule has 1 heterocycles. The van der Waals surface area contributed by atoms with E-state index < -0.39 is 0 Å². The van der Waals surface area contributed by atoms with Crippen LogP contribution in [0.15, 0.2) is 24.4 Å². The van der Waals surface area contributed by atoms with Gasteiger partial charge in [-0.1, -0.05) is 25.0 Å². The van der Waals surface area contributed by atoms with Crippen molar-refractivity contribution in [2.45, 2.75) is 51.6 Å². The number of carbonyl (C=O) groups excluding carboxylic acids is 1. The van der Waals surface area contributed by atoms with Crippen LogP contribution in [0.3, 0.4) is 0 Å². The zero-order chi connectivity index (χ0) is 18.4. The molecule has 1 amide bonds. The summed E-state index contributed by atoms with van der Waals surface area (Å²) in [5, 5.41) is 7.56. The maximum absolute atomic E-state index is 12.3. The Balaban J connectivity index is 1.60. The van der Waals surface area contributed by atoms with E-state index in [9.17, 15) is 4.79 Å². The van der Waals surface area contributed by atoms with Crippen molar-refractivity contribution in [1.82, 2.24) is 15.1 Å².